The smallest absolute Gasteiger partial charge is 0.337 e. The molecule has 0 saturated carbocycles. The summed E-state index contributed by atoms with van der Waals surface area (Å²) >= 11 is 5.46. The molecule has 0 bridgehead atoms. The molecule has 5 N–H and O–H groups in total. The van der Waals surface area contributed by atoms with E-state index in [4.69, 9.17) is 16.7 Å². The Bertz CT molecular complexity index is 267. The van der Waals surface area contributed by atoms with Crippen LogP contribution in [0.15, 0.2) is 18.5 Å². The largest absolute Gasteiger partial charge is 0.478 e. The monoisotopic (exact) mass is 189 g/mol. The maximum atomic E-state index is 10.3. The highest BCUT2D eigenvalue weighted by atomic mass is 35.5. The molecule has 0 unspecified atom stereocenters. The van der Waals surface area contributed by atoms with Crippen LogP contribution < -0.4 is 11.7 Å². The molecule has 0 aliphatic carbocycles. The number of hydrogen-bond donors (Lipinski definition) is 3. The van der Waals surface area contributed by atoms with E-state index in [9.17, 15) is 4.79 Å². The molecule has 1 heterocycles. The van der Waals surface area contributed by atoms with Crippen LogP contribution in [0.5, 0.6) is 0 Å². The number of hydrogen-bond acceptors (Lipinski definition) is 4. The van der Waals surface area contributed by atoms with Crippen molar-refractivity contribution < 1.29 is 9.90 Å². The SMILES string of the molecule is NN.O=C(O)c1cncc(Cl)c1. The van der Waals surface area contributed by atoms with Crippen LogP contribution in [-0.4, -0.2) is 16.1 Å². The van der Waals surface area contributed by atoms with Crippen molar-refractivity contribution in [2.75, 3.05) is 0 Å². The van der Waals surface area contributed by atoms with E-state index in [-0.39, 0.29) is 5.56 Å². The van der Waals surface area contributed by atoms with Crippen LogP contribution in [0.3, 0.4) is 0 Å². The highest BCUT2D eigenvalue weighted by molar-refractivity contribution is 6.30. The first-order valence-electron chi connectivity index (χ1n) is 2.87. The quantitative estimate of drug-likeness (QED) is 0.434. The average molecular weight is 190 g/mol. The number of carbonyl (C=O) groups is 1. The summed E-state index contributed by atoms with van der Waals surface area (Å²) in [6.45, 7) is 0. The first kappa shape index (κ1) is 10.8. The third-order valence-corrected chi connectivity index (χ3v) is 1.16. The Balaban J connectivity index is 0.000000561. The normalized spacial score (nSPS) is 8.25. The van der Waals surface area contributed by atoms with Crippen molar-refractivity contribution in [1.29, 1.82) is 0 Å². The van der Waals surface area contributed by atoms with Gasteiger partial charge in [0.25, 0.3) is 0 Å². The molecule has 0 spiro atoms. The lowest BCUT2D eigenvalue weighted by molar-refractivity contribution is 0.0696. The maximum Gasteiger partial charge on any atom is 0.337 e. The molecule has 12 heavy (non-hydrogen) atoms. The van der Waals surface area contributed by atoms with E-state index < -0.39 is 5.97 Å². The van der Waals surface area contributed by atoms with Gasteiger partial charge in [-0.2, -0.15) is 0 Å². The zero-order chi connectivity index (χ0) is 9.56. The van der Waals surface area contributed by atoms with Crippen LogP contribution in [-0.2, 0) is 0 Å². The molecule has 0 amide bonds. The fourth-order valence-electron chi connectivity index (χ4n) is 0.529. The topological polar surface area (TPSA) is 102 Å². The third-order valence-electron chi connectivity index (χ3n) is 0.952. The summed E-state index contributed by atoms with van der Waals surface area (Å²) < 4.78 is 0. The van der Waals surface area contributed by atoms with E-state index in [2.05, 4.69) is 16.7 Å². The molecular formula is C6H8ClN3O2. The van der Waals surface area contributed by atoms with E-state index in [1.165, 1.54) is 18.5 Å². The molecule has 0 aliphatic heterocycles. The van der Waals surface area contributed by atoms with Crippen molar-refractivity contribution in [2.24, 2.45) is 11.7 Å². The second kappa shape index (κ2) is 5.48. The predicted octanol–water partition coefficient (Wildman–Crippen LogP) is 0.252. The standard InChI is InChI=1S/C6H4ClNO2.H4N2/c7-5-1-4(6(9)10)2-8-3-5;1-2/h1-3H,(H,9,10);1-2H2. The lowest BCUT2D eigenvalue weighted by atomic mass is 10.3. The molecule has 1 rings (SSSR count). The lowest BCUT2D eigenvalue weighted by Gasteiger charge is -1.91. The Kier molecular flexibility index (Phi) is 4.94. The molecule has 0 atom stereocenters. The first-order valence-corrected chi connectivity index (χ1v) is 3.25. The molecular weight excluding hydrogens is 182 g/mol. The van der Waals surface area contributed by atoms with Crippen LogP contribution in [0, 0.1) is 0 Å². The second-order valence-corrected chi connectivity index (χ2v) is 2.13. The first-order chi connectivity index (χ1) is 5.70. The van der Waals surface area contributed by atoms with Crippen LogP contribution in [0.4, 0.5) is 0 Å². The summed E-state index contributed by atoms with van der Waals surface area (Å²) in [4.78, 5) is 13.8. The number of nitrogens with two attached hydrogens (primary N) is 2. The molecule has 66 valence electrons. The minimum atomic E-state index is -1.02. The number of aromatic carboxylic acids is 1. The molecule has 0 aromatic carbocycles. The Hall–Kier alpha value is -1.17. The molecule has 1 aromatic rings. The predicted molar refractivity (Wildman–Crippen MR) is 44.6 cm³/mol. The van der Waals surface area contributed by atoms with Crippen molar-refractivity contribution in [3.63, 3.8) is 0 Å². The van der Waals surface area contributed by atoms with Crippen LogP contribution >= 0.6 is 11.6 Å². The van der Waals surface area contributed by atoms with Crippen LogP contribution in [0.1, 0.15) is 10.4 Å². The molecule has 5 nitrogen and oxygen atoms in total. The van der Waals surface area contributed by atoms with E-state index in [0.717, 1.165) is 0 Å². The highest BCUT2D eigenvalue weighted by Crippen LogP contribution is 2.07. The van der Waals surface area contributed by atoms with Crippen molar-refractivity contribution in [1.82, 2.24) is 4.98 Å². The van der Waals surface area contributed by atoms with Gasteiger partial charge in [-0.3, -0.25) is 16.7 Å². The Morgan fingerprint density at radius 3 is 2.42 bits per heavy atom. The summed E-state index contributed by atoms with van der Waals surface area (Å²) in [6, 6.07) is 1.34. The van der Waals surface area contributed by atoms with Gasteiger partial charge in [0.05, 0.1) is 10.6 Å². The van der Waals surface area contributed by atoms with Crippen molar-refractivity contribution in [3.8, 4) is 0 Å². The summed E-state index contributed by atoms with van der Waals surface area (Å²) in [6.07, 6.45) is 2.63. The highest BCUT2D eigenvalue weighted by Gasteiger charge is 2.01. The number of hydrazine groups is 1. The number of rotatable bonds is 1. The number of pyridine rings is 1. The molecule has 0 fully saturated rings. The second-order valence-electron chi connectivity index (χ2n) is 1.70. The lowest BCUT2D eigenvalue weighted by Crippen LogP contribution is -2.02. The van der Waals surface area contributed by atoms with Gasteiger partial charge in [-0.15, -0.1) is 0 Å². The van der Waals surface area contributed by atoms with E-state index >= 15 is 0 Å². The fourth-order valence-corrected chi connectivity index (χ4v) is 0.703. The minimum absolute atomic E-state index is 0.104. The van der Waals surface area contributed by atoms with Crippen molar-refractivity contribution in [2.45, 2.75) is 0 Å². The zero-order valence-corrected chi connectivity index (χ0v) is 6.82. The van der Waals surface area contributed by atoms with Gasteiger partial charge in [-0.1, -0.05) is 11.6 Å². The van der Waals surface area contributed by atoms with E-state index in [1.54, 1.807) is 0 Å². The Labute approximate surface area is 73.9 Å². The van der Waals surface area contributed by atoms with Crippen molar-refractivity contribution in [3.05, 3.63) is 29.0 Å². The van der Waals surface area contributed by atoms with Gasteiger partial charge < -0.3 is 5.11 Å². The van der Waals surface area contributed by atoms with Gasteiger partial charge in [0.15, 0.2) is 0 Å². The van der Waals surface area contributed by atoms with E-state index in [0.29, 0.717) is 5.02 Å². The summed E-state index contributed by atoms with van der Waals surface area (Å²) in [5, 5.41) is 8.74. The van der Waals surface area contributed by atoms with Gasteiger partial charge in [-0.25, -0.2) is 4.79 Å². The number of halogens is 1. The van der Waals surface area contributed by atoms with E-state index in [1.807, 2.05) is 0 Å². The molecule has 0 saturated heterocycles. The molecule has 0 radical (unpaired) electrons. The number of carboxylic acid groups (broad SMARTS) is 1. The number of aromatic nitrogens is 1. The third kappa shape index (κ3) is 3.29. The number of nitrogens with zero attached hydrogens (tertiary/aromatic N) is 1. The van der Waals surface area contributed by atoms with Crippen LogP contribution in [0.25, 0.3) is 0 Å². The molecule has 1 aromatic heterocycles. The van der Waals surface area contributed by atoms with Gasteiger partial charge in [0.1, 0.15) is 0 Å². The Morgan fingerprint density at radius 2 is 2.08 bits per heavy atom. The number of carboxylic acids is 1. The van der Waals surface area contributed by atoms with Gasteiger partial charge in [-0.05, 0) is 6.07 Å². The van der Waals surface area contributed by atoms with Crippen molar-refractivity contribution >= 4 is 17.6 Å². The zero-order valence-electron chi connectivity index (χ0n) is 6.07. The summed E-state index contributed by atoms with van der Waals surface area (Å²) in [5.41, 5.74) is 0.104. The van der Waals surface area contributed by atoms with Gasteiger partial charge >= 0.3 is 5.97 Å². The van der Waals surface area contributed by atoms with Crippen LogP contribution in [0.2, 0.25) is 5.02 Å². The summed E-state index contributed by atoms with van der Waals surface area (Å²) in [5.74, 6) is 6.98. The Morgan fingerprint density at radius 1 is 1.50 bits per heavy atom. The maximum absolute atomic E-state index is 10.3. The molecule has 6 heteroatoms. The van der Waals surface area contributed by atoms with Gasteiger partial charge in [0.2, 0.25) is 0 Å². The average Bonchev–Trinajstić information content (AvgIpc) is 2.08. The molecule has 0 aliphatic rings. The fraction of sp³-hybridized carbons (Fsp3) is 0. The summed E-state index contributed by atoms with van der Waals surface area (Å²) in [7, 11) is 0. The van der Waals surface area contributed by atoms with Gasteiger partial charge in [0, 0.05) is 12.4 Å². The minimum Gasteiger partial charge on any atom is -0.478 e.